The van der Waals surface area contributed by atoms with Gasteiger partial charge in [0.1, 0.15) is 0 Å². The summed E-state index contributed by atoms with van der Waals surface area (Å²) in [5.74, 6) is 0.0282. The molecule has 0 amide bonds. The van der Waals surface area contributed by atoms with Crippen LogP contribution < -0.4 is 5.73 Å². The van der Waals surface area contributed by atoms with Gasteiger partial charge >= 0.3 is 6.18 Å². The smallest absolute Gasteiger partial charge is 0.399 e. The Balaban J connectivity index is 2.25. The highest BCUT2D eigenvalue weighted by Crippen LogP contribution is 2.31. The molecule has 7 heteroatoms. The van der Waals surface area contributed by atoms with Crippen molar-refractivity contribution in [2.75, 3.05) is 5.73 Å². The molecular formula is C14H11ClF3NOS. The van der Waals surface area contributed by atoms with Crippen LogP contribution in [0.3, 0.4) is 0 Å². The van der Waals surface area contributed by atoms with E-state index in [1.54, 1.807) is 12.1 Å². The van der Waals surface area contributed by atoms with Crippen LogP contribution in [0.4, 0.5) is 18.9 Å². The molecule has 2 rings (SSSR count). The second-order valence-electron chi connectivity index (χ2n) is 4.37. The molecule has 2 nitrogen and oxygen atoms in total. The van der Waals surface area contributed by atoms with Crippen LogP contribution in [0.2, 0.25) is 5.02 Å². The molecule has 0 aliphatic carbocycles. The summed E-state index contributed by atoms with van der Waals surface area (Å²) in [6.07, 6.45) is -4.46. The molecule has 1 unspecified atom stereocenters. The summed E-state index contributed by atoms with van der Waals surface area (Å²) in [6, 6.07) is 9.20. The zero-order valence-electron chi connectivity index (χ0n) is 10.7. The van der Waals surface area contributed by atoms with E-state index in [4.69, 9.17) is 17.3 Å². The van der Waals surface area contributed by atoms with Crippen LogP contribution in [-0.2, 0) is 22.7 Å². The van der Waals surface area contributed by atoms with Gasteiger partial charge < -0.3 is 5.73 Å². The molecule has 21 heavy (non-hydrogen) atoms. The van der Waals surface area contributed by atoms with Crippen LogP contribution in [-0.4, -0.2) is 4.21 Å². The Labute approximate surface area is 127 Å². The SMILES string of the molecule is Nc1ccc(CS(=O)c2cccc(C(F)(F)F)c2)c(Cl)c1. The van der Waals surface area contributed by atoms with Crippen molar-refractivity contribution in [2.24, 2.45) is 0 Å². The Morgan fingerprint density at radius 2 is 1.86 bits per heavy atom. The van der Waals surface area contributed by atoms with Gasteiger partial charge in [-0.15, -0.1) is 0 Å². The van der Waals surface area contributed by atoms with Crippen molar-refractivity contribution < 1.29 is 17.4 Å². The van der Waals surface area contributed by atoms with Crippen molar-refractivity contribution in [3.8, 4) is 0 Å². The van der Waals surface area contributed by atoms with E-state index >= 15 is 0 Å². The molecule has 0 aromatic heterocycles. The van der Waals surface area contributed by atoms with Crippen LogP contribution >= 0.6 is 11.6 Å². The largest absolute Gasteiger partial charge is 0.416 e. The van der Waals surface area contributed by atoms with E-state index in [9.17, 15) is 17.4 Å². The number of hydrogen-bond acceptors (Lipinski definition) is 2. The summed E-state index contributed by atoms with van der Waals surface area (Å²) in [6.45, 7) is 0. The molecule has 112 valence electrons. The average molecular weight is 334 g/mol. The lowest BCUT2D eigenvalue weighted by Gasteiger charge is -2.09. The van der Waals surface area contributed by atoms with Gasteiger partial charge in [0.15, 0.2) is 0 Å². The number of halogens is 4. The van der Waals surface area contributed by atoms with E-state index < -0.39 is 22.5 Å². The summed E-state index contributed by atoms with van der Waals surface area (Å²) < 4.78 is 50.1. The topological polar surface area (TPSA) is 43.1 Å². The van der Waals surface area contributed by atoms with E-state index in [2.05, 4.69) is 0 Å². The van der Waals surface area contributed by atoms with Crippen LogP contribution in [0.15, 0.2) is 47.4 Å². The van der Waals surface area contributed by atoms with Crippen molar-refractivity contribution in [1.29, 1.82) is 0 Å². The maximum atomic E-state index is 12.6. The van der Waals surface area contributed by atoms with Gasteiger partial charge in [0.05, 0.1) is 22.1 Å². The number of nitrogens with two attached hydrogens (primary N) is 1. The molecule has 0 heterocycles. The zero-order valence-corrected chi connectivity index (χ0v) is 12.2. The predicted molar refractivity (Wildman–Crippen MR) is 77.4 cm³/mol. The Hall–Kier alpha value is -1.53. The molecule has 2 aromatic carbocycles. The van der Waals surface area contributed by atoms with Crippen LogP contribution in [0.5, 0.6) is 0 Å². The van der Waals surface area contributed by atoms with Crippen molar-refractivity contribution in [3.63, 3.8) is 0 Å². The average Bonchev–Trinajstić information content (AvgIpc) is 2.41. The Morgan fingerprint density at radius 3 is 2.48 bits per heavy atom. The predicted octanol–water partition coefficient (Wildman–Crippen LogP) is 4.25. The number of hydrogen-bond donors (Lipinski definition) is 1. The molecule has 0 radical (unpaired) electrons. The van der Waals surface area contributed by atoms with E-state index in [0.29, 0.717) is 16.3 Å². The molecule has 0 spiro atoms. The molecule has 1 atom stereocenters. The van der Waals surface area contributed by atoms with Gasteiger partial charge in [0, 0.05) is 15.6 Å². The van der Waals surface area contributed by atoms with Gasteiger partial charge in [0.25, 0.3) is 0 Å². The fourth-order valence-corrected chi connectivity index (χ4v) is 3.24. The van der Waals surface area contributed by atoms with E-state index in [-0.39, 0.29) is 10.6 Å². The van der Waals surface area contributed by atoms with Crippen LogP contribution in [0.25, 0.3) is 0 Å². The lowest BCUT2D eigenvalue weighted by Crippen LogP contribution is -2.06. The minimum atomic E-state index is -4.46. The lowest BCUT2D eigenvalue weighted by atomic mass is 10.2. The normalized spacial score (nSPS) is 13.1. The molecule has 0 aliphatic rings. The first-order valence-corrected chi connectivity index (χ1v) is 7.56. The number of nitrogen functional groups attached to an aromatic ring is 1. The minimum absolute atomic E-state index is 0.0282. The molecule has 0 saturated carbocycles. The van der Waals surface area contributed by atoms with Gasteiger partial charge in [-0.2, -0.15) is 13.2 Å². The maximum Gasteiger partial charge on any atom is 0.416 e. The van der Waals surface area contributed by atoms with Gasteiger partial charge in [0.2, 0.25) is 0 Å². The number of anilines is 1. The van der Waals surface area contributed by atoms with Gasteiger partial charge in [-0.05, 0) is 35.9 Å². The third-order valence-corrected chi connectivity index (χ3v) is 4.49. The standard InChI is InChI=1S/C14H11ClF3NOS/c15-13-7-11(19)5-4-9(13)8-21(20)12-3-1-2-10(6-12)14(16,17)18/h1-7H,8,19H2. The van der Waals surface area contributed by atoms with E-state index in [1.165, 1.54) is 18.2 Å². The lowest BCUT2D eigenvalue weighted by molar-refractivity contribution is -0.137. The molecular weight excluding hydrogens is 323 g/mol. The van der Waals surface area contributed by atoms with E-state index in [1.807, 2.05) is 0 Å². The quantitative estimate of drug-likeness (QED) is 0.853. The second-order valence-corrected chi connectivity index (χ2v) is 6.22. The summed E-state index contributed by atoms with van der Waals surface area (Å²) in [4.78, 5) is 0.109. The highest BCUT2D eigenvalue weighted by atomic mass is 35.5. The van der Waals surface area contributed by atoms with Crippen LogP contribution in [0.1, 0.15) is 11.1 Å². The Bertz CT molecular complexity index is 688. The number of rotatable bonds is 3. The summed E-state index contributed by atoms with van der Waals surface area (Å²) >= 11 is 5.97. The third-order valence-electron chi connectivity index (χ3n) is 2.79. The highest BCUT2D eigenvalue weighted by Gasteiger charge is 2.30. The highest BCUT2D eigenvalue weighted by molar-refractivity contribution is 7.84. The minimum Gasteiger partial charge on any atom is -0.399 e. The molecule has 0 fully saturated rings. The molecule has 2 N–H and O–H groups in total. The van der Waals surface area contributed by atoms with Crippen molar-refractivity contribution in [3.05, 3.63) is 58.6 Å². The van der Waals surface area contributed by atoms with Gasteiger partial charge in [-0.25, -0.2) is 0 Å². The number of alkyl halides is 3. The molecule has 0 aliphatic heterocycles. The first-order valence-electron chi connectivity index (χ1n) is 5.87. The Kier molecular flexibility index (Phi) is 4.58. The molecule has 0 bridgehead atoms. The molecule has 2 aromatic rings. The van der Waals surface area contributed by atoms with Gasteiger partial charge in [-0.3, -0.25) is 4.21 Å². The fourth-order valence-electron chi connectivity index (χ4n) is 1.72. The fraction of sp³-hybridized carbons (Fsp3) is 0.143. The number of benzene rings is 2. The van der Waals surface area contributed by atoms with Crippen molar-refractivity contribution in [1.82, 2.24) is 0 Å². The summed E-state index contributed by atoms with van der Waals surface area (Å²) in [5.41, 5.74) is 5.77. The van der Waals surface area contributed by atoms with Gasteiger partial charge in [-0.1, -0.05) is 23.7 Å². The van der Waals surface area contributed by atoms with Crippen LogP contribution in [0, 0.1) is 0 Å². The third kappa shape index (κ3) is 3.98. The zero-order chi connectivity index (χ0) is 15.6. The molecule has 0 saturated heterocycles. The van der Waals surface area contributed by atoms with Crippen molar-refractivity contribution >= 4 is 28.1 Å². The maximum absolute atomic E-state index is 12.6. The Morgan fingerprint density at radius 1 is 1.14 bits per heavy atom. The monoisotopic (exact) mass is 333 g/mol. The summed E-state index contributed by atoms with van der Waals surface area (Å²) in [5, 5.41) is 0.343. The van der Waals surface area contributed by atoms with Crippen molar-refractivity contribution in [2.45, 2.75) is 16.8 Å². The first-order chi connectivity index (χ1) is 9.77. The second kappa shape index (κ2) is 6.07. The van der Waals surface area contributed by atoms with E-state index in [0.717, 1.165) is 12.1 Å². The first kappa shape index (κ1) is 15.9. The summed E-state index contributed by atoms with van der Waals surface area (Å²) in [7, 11) is -1.62.